The Kier molecular flexibility index (Phi) is 7.70. The maximum Gasteiger partial charge on any atom is 0.191 e. The molecule has 0 aliphatic carbocycles. The SMILES string of the molecule is CCCC(CNCc1cccc(OCC)c1)CNc1cc(=O)c2ccccc2[nH]1. The monoisotopic (exact) mass is 393 g/mol. The molecular formula is C24H31N3O2. The highest BCUT2D eigenvalue weighted by Gasteiger charge is 2.09. The van der Waals surface area contributed by atoms with Gasteiger partial charge in [0.25, 0.3) is 0 Å². The lowest BCUT2D eigenvalue weighted by molar-refractivity contribution is 0.339. The van der Waals surface area contributed by atoms with Gasteiger partial charge in [0.15, 0.2) is 5.43 Å². The quantitative estimate of drug-likeness (QED) is 0.447. The molecule has 0 bridgehead atoms. The second kappa shape index (κ2) is 10.7. The lowest BCUT2D eigenvalue weighted by atomic mass is 10.0. The van der Waals surface area contributed by atoms with Gasteiger partial charge in [-0.3, -0.25) is 4.79 Å². The number of nitrogens with one attached hydrogen (secondary N) is 3. The van der Waals surface area contributed by atoms with Crippen LogP contribution in [0, 0.1) is 5.92 Å². The Morgan fingerprint density at radius 1 is 1.03 bits per heavy atom. The number of H-pyrrole nitrogens is 1. The molecule has 1 aromatic heterocycles. The maximum absolute atomic E-state index is 12.3. The molecule has 1 unspecified atom stereocenters. The summed E-state index contributed by atoms with van der Waals surface area (Å²) in [7, 11) is 0. The van der Waals surface area contributed by atoms with E-state index in [1.165, 1.54) is 5.56 Å². The minimum Gasteiger partial charge on any atom is -0.494 e. The lowest BCUT2D eigenvalue weighted by Crippen LogP contribution is -2.28. The zero-order chi connectivity index (χ0) is 20.5. The van der Waals surface area contributed by atoms with Crippen molar-refractivity contribution in [3.8, 4) is 5.75 Å². The van der Waals surface area contributed by atoms with Crippen LogP contribution in [-0.4, -0.2) is 24.7 Å². The Labute approximate surface area is 172 Å². The van der Waals surface area contributed by atoms with Crippen LogP contribution >= 0.6 is 0 Å². The molecule has 3 N–H and O–H groups in total. The van der Waals surface area contributed by atoms with Crippen LogP contribution in [0.3, 0.4) is 0 Å². The molecule has 3 rings (SSSR count). The molecule has 0 spiro atoms. The van der Waals surface area contributed by atoms with Crippen LogP contribution in [-0.2, 0) is 6.54 Å². The Morgan fingerprint density at radius 2 is 1.90 bits per heavy atom. The molecular weight excluding hydrogens is 362 g/mol. The summed E-state index contributed by atoms with van der Waals surface area (Å²) in [6, 6.07) is 17.5. The smallest absolute Gasteiger partial charge is 0.191 e. The summed E-state index contributed by atoms with van der Waals surface area (Å²) in [6.07, 6.45) is 2.25. The van der Waals surface area contributed by atoms with Crippen LogP contribution < -0.4 is 20.8 Å². The van der Waals surface area contributed by atoms with Crippen molar-refractivity contribution >= 4 is 16.7 Å². The average Bonchev–Trinajstić information content (AvgIpc) is 2.73. The van der Waals surface area contributed by atoms with Crippen LogP contribution in [0.5, 0.6) is 5.75 Å². The molecule has 3 aromatic rings. The largest absolute Gasteiger partial charge is 0.494 e. The molecule has 0 saturated heterocycles. The van der Waals surface area contributed by atoms with Gasteiger partial charge in [0.05, 0.1) is 12.1 Å². The highest BCUT2D eigenvalue weighted by molar-refractivity contribution is 5.79. The molecule has 154 valence electrons. The van der Waals surface area contributed by atoms with E-state index in [0.717, 1.165) is 54.9 Å². The number of aromatic amines is 1. The van der Waals surface area contributed by atoms with Crippen molar-refractivity contribution in [2.45, 2.75) is 33.2 Å². The maximum atomic E-state index is 12.3. The fraction of sp³-hybridized carbons (Fsp3) is 0.375. The fourth-order valence-corrected chi connectivity index (χ4v) is 3.56. The van der Waals surface area contributed by atoms with Gasteiger partial charge in [0.1, 0.15) is 11.6 Å². The standard InChI is InChI=1S/C24H31N3O2/c1-3-8-19(16-25-15-18-9-7-10-20(13-18)29-4-2)17-26-24-14-23(28)21-11-5-6-12-22(21)27-24/h5-7,9-14,19,25H,3-4,8,15-17H2,1-2H3,(H2,26,27,28). The van der Waals surface area contributed by atoms with Crippen molar-refractivity contribution in [2.24, 2.45) is 5.92 Å². The summed E-state index contributed by atoms with van der Waals surface area (Å²) < 4.78 is 5.57. The number of fused-ring (bicyclic) bond motifs is 1. The van der Waals surface area contributed by atoms with E-state index < -0.39 is 0 Å². The van der Waals surface area contributed by atoms with Gasteiger partial charge < -0.3 is 20.4 Å². The summed E-state index contributed by atoms with van der Waals surface area (Å²) in [5.74, 6) is 2.17. The van der Waals surface area contributed by atoms with E-state index in [4.69, 9.17) is 4.74 Å². The van der Waals surface area contributed by atoms with Gasteiger partial charge >= 0.3 is 0 Å². The van der Waals surface area contributed by atoms with E-state index in [1.807, 2.05) is 43.3 Å². The Bertz CT molecular complexity index is 967. The summed E-state index contributed by atoms with van der Waals surface area (Å²) in [4.78, 5) is 15.6. The average molecular weight is 394 g/mol. The van der Waals surface area contributed by atoms with Gasteiger partial charge in [0, 0.05) is 24.5 Å². The molecule has 0 aliphatic heterocycles. The predicted molar refractivity (Wildman–Crippen MR) is 121 cm³/mol. The predicted octanol–water partition coefficient (Wildman–Crippen LogP) is 4.54. The number of hydrogen-bond acceptors (Lipinski definition) is 4. The second-order valence-corrected chi connectivity index (χ2v) is 7.34. The summed E-state index contributed by atoms with van der Waals surface area (Å²) in [6.45, 7) is 7.42. The second-order valence-electron chi connectivity index (χ2n) is 7.34. The molecule has 5 heteroatoms. The van der Waals surface area contributed by atoms with E-state index in [-0.39, 0.29) is 5.43 Å². The number of para-hydroxylation sites is 1. The zero-order valence-corrected chi connectivity index (χ0v) is 17.3. The fourth-order valence-electron chi connectivity index (χ4n) is 3.56. The molecule has 29 heavy (non-hydrogen) atoms. The first-order valence-electron chi connectivity index (χ1n) is 10.5. The molecule has 2 aromatic carbocycles. The first kappa shape index (κ1) is 20.9. The molecule has 5 nitrogen and oxygen atoms in total. The topological polar surface area (TPSA) is 66.2 Å². The van der Waals surface area contributed by atoms with E-state index in [2.05, 4.69) is 34.7 Å². The van der Waals surface area contributed by atoms with Crippen molar-refractivity contribution in [1.29, 1.82) is 0 Å². The van der Waals surface area contributed by atoms with Crippen LogP contribution in [0.25, 0.3) is 10.9 Å². The van der Waals surface area contributed by atoms with Crippen LogP contribution in [0.1, 0.15) is 32.3 Å². The zero-order valence-electron chi connectivity index (χ0n) is 17.3. The Hall–Kier alpha value is -2.79. The first-order valence-corrected chi connectivity index (χ1v) is 10.5. The first-order chi connectivity index (χ1) is 14.2. The minimum absolute atomic E-state index is 0.0428. The summed E-state index contributed by atoms with van der Waals surface area (Å²) >= 11 is 0. The van der Waals surface area contributed by atoms with Crippen molar-refractivity contribution in [1.82, 2.24) is 10.3 Å². The number of aromatic nitrogens is 1. The van der Waals surface area contributed by atoms with Gasteiger partial charge in [-0.15, -0.1) is 0 Å². The van der Waals surface area contributed by atoms with Crippen LogP contribution in [0.4, 0.5) is 5.82 Å². The Morgan fingerprint density at radius 3 is 2.72 bits per heavy atom. The number of rotatable bonds is 11. The third kappa shape index (κ3) is 6.09. The van der Waals surface area contributed by atoms with Crippen molar-refractivity contribution in [2.75, 3.05) is 25.0 Å². The normalized spacial score (nSPS) is 12.1. The third-order valence-corrected chi connectivity index (χ3v) is 4.99. The molecule has 0 radical (unpaired) electrons. The van der Waals surface area contributed by atoms with E-state index in [0.29, 0.717) is 12.5 Å². The molecule has 0 amide bonds. The number of anilines is 1. The molecule has 0 fully saturated rings. The van der Waals surface area contributed by atoms with Crippen LogP contribution in [0.15, 0.2) is 59.4 Å². The van der Waals surface area contributed by atoms with Crippen molar-refractivity contribution < 1.29 is 4.74 Å². The van der Waals surface area contributed by atoms with E-state index >= 15 is 0 Å². The Balaban J connectivity index is 1.55. The van der Waals surface area contributed by atoms with Gasteiger partial charge in [0.2, 0.25) is 0 Å². The molecule has 1 atom stereocenters. The molecule has 0 aliphatic rings. The van der Waals surface area contributed by atoms with Crippen LogP contribution in [0.2, 0.25) is 0 Å². The molecule has 1 heterocycles. The number of pyridine rings is 1. The number of ether oxygens (including phenoxy) is 1. The highest BCUT2D eigenvalue weighted by Crippen LogP contribution is 2.14. The number of benzene rings is 2. The van der Waals surface area contributed by atoms with Gasteiger partial charge in [-0.2, -0.15) is 0 Å². The van der Waals surface area contributed by atoms with Gasteiger partial charge in [-0.1, -0.05) is 37.6 Å². The minimum atomic E-state index is 0.0428. The van der Waals surface area contributed by atoms with Gasteiger partial charge in [-0.25, -0.2) is 0 Å². The summed E-state index contributed by atoms with van der Waals surface area (Å²) in [5, 5.41) is 7.71. The third-order valence-electron chi connectivity index (χ3n) is 4.99. The summed E-state index contributed by atoms with van der Waals surface area (Å²) in [5.41, 5.74) is 2.13. The highest BCUT2D eigenvalue weighted by atomic mass is 16.5. The van der Waals surface area contributed by atoms with Crippen molar-refractivity contribution in [3.63, 3.8) is 0 Å². The van der Waals surface area contributed by atoms with E-state index in [1.54, 1.807) is 6.07 Å². The lowest BCUT2D eigenvalue weighted by Gasteiger charge is -2.19. The molecule has 0 saturated carbocycles. The van der Waals surface area contributed by atoms with E-state index in [9.17, 15) is 4.79 Å². The van der Waals surface area contributed by atoms with Gasteiger partial charge in [-0.05, 0) is 55.6 Å². The van der Waals surface area contributed by atoms with Crippen molar-refractivity contribution in [3.05, 3.63) is 70.4 Å². The number of hydrogen-bond donors (Lipinski definition) is 3.